The molecule has 0 atom stereocenters. The zero-order chi connectivity index (χ0) is 29.3. The van der Waals surface area contributed by atoms with Crippen LogP contribution in [0.4, 0.5) is 10.2 Å². The fourth-order valence-electron chi connectivity index (χ4n) is 4.38. The van der Waals surface area contributed by atoms with Crippen LogP contribution in [0, 0.1) is 12.7 Å². The molecule has 0 aliphatic rings. The van der Waals surface area contributed by atoms with Gasteiger partial charge in [-0.05, 0) is 80.4 Å². The number of nitrogens with one attached hydrogen (secondary N) is 3. The van der Waals surface area contributed by atoms with Crippen molar-refractivity contribution in [2.24, 2.45) is 0 Å². The number of hydrogen-bond donors (Lipinski definition) is 3. The average Bonchev–Trinajstić information content (AvgIpc) is 3.55. The van der Waals surface area contributed by atoms with E-state index in [1.165, 1.54) is 19.2 Å². The number of fused-ring (bicyclic) bond motifs is 1. The smallest absolute Gasteiger partial charge is 0.255 e. The minimum Gasteiger partial charge on any atom is -0.455 e. The summed E-state index contributed by atoms with van der Waals surface area (Å²) in [5, 5.41) is 12.4. The Bertz CT molecular complexity index is 1790. The molecular weight excluding hydrogens is 527 g/mol. The molecule has 10 heteroatoms. The maximum Gasteiger partial charge on any atom is 0.255 e. The van der Waals surface area contributed by atoms with Crippen LogP contribution in [-0.4, -0.2) is 35.5 Å². The largest absolute Gasteiger partial charge is 0.455 e. The minimum absolute atomic E-state index is 0.255. The summed E-state index contributed by atoms with van der Waals surface area (Å²) in [6, 6.07) is 19.6. The van der Waals surface area contributed by atoms with Gasteiger partial charge >= 0.3 is 0 Å². The molecule has 3 N–H and O–H groups in total. The van der Waals surface area contributed by atoms with Crippen LogP contribution in [0.5, 0.6) is 0 Å². The molecule has 0 spiro atoms. The van der Waals surface area contributed by atoms with Gasteiger partial charge in [0.15, 0.2) is 5.82 Å². The van der Waals surface area contributed by atoms with E-state index < -0.39 is 23.2 Å². The Morgan fingerprint density at radius 2 is 1.59 bits per heavy atom. The molecule has 5 rings (SSSR count). The highest BCUT2D eigenvalue weighted by molar-refractivity contribution is 6.12. The fraction of sp³-hybridized carbons (Fsp3) is 0.161. The molecule has 41 heavy (non-hydrogen) atoms. The molecule has 5 aromatic rings. The number of furan rings is 1. The van der Waals surface area contributed by atoms with E-state index in [4.69, 9.17) is 8.94 Å². The van der Waals surface area contributed by atoms with Gasteiger partial charge < -0.3 is 24.9 Å². The van der Waals surface area contributed by atoms with Gasteiger partial charge in [0, 0.05) is 29.6 Å². The second-order valence-corrected chi connectivity index (χ2v) is 10.0. The van der Waals surface area contributed by atoms with Gasteiger partial charge in [-0.3, -0.25) is 14.4 Å². The van der Waals surface area contributed by atoms with E-state index in [-0.39, 0.29) is 11.7 Å². The lowest BCUT2D eigenvalue weighted by Gasteiger charge is -2.24. The lowest BCUT2D eigenvalue weighted by Crippen LogP contribution is -2.52. The average molecular weight is 555 g/mol. The van der Waals surface area contributed by atoms with Gasteiger partial charge in [-0.25, -0.2) is 4.39 Å². The first-order valence-corrected chi connectivity index (χ1v) is 12.8. The van der Waals surface area contributed by atoms with Gasteiger partial charge in [0.05, 0.1) is 5.56 Å². The number of carbonyl (C=O) groups is 3. The SMILES string of the molecule is CNC(=O)c1c(-c2ccc(F)cc2)oc2ccc(-c3cccc(C(=O)NC(C)(C)C(=O)Nc4cc(C)on4)c3)cc12. The van der Waals surface area contributed by atoms with Crippen LogP contribution < -0.4 is 16.0 Å². The monoisotopic (exact) mass is 554 g/mol. The lowest BCUT2D eigenvalue weighted by molar-refractivity contribution is -0.121. The molecule has 0 saturated carbocycles. The van der Waals surface area contributed by atoms with Crippen molar-refractivity contribution in [3.63, 3.8) is 0 Å². The van der Waals surface area contributed by atoms with Crippen LogP contribution in [0.1, 0.15) is 40.3 Å². The molecule has 0 saturated heterocycles. The predicted octanol–water partition coefficient (Wildman–Crippen LogP) is 5.71. The van der Waals surface area contributed by atoms with Crippen molar-refractivity contribution < 1.29 is 27.7 Å². The molecule has 3 amide bonds. The number of hydrogen-bond acceptors (Lipinski definition) is 6. The highest BCUT2D eigenvalue weighted by Gasteiger charge is 2.31. The summed E-state index contributed by atoms with van der Waals surface area (Å²) >= 11 is 0. The molecule has 2 aromatic heterocycles. The van der Waals surface area contributed by atoms with Crippen molar-refractivity contribution in [3.8, 4) is 22.5 Å². The van der Waals surface area contributed by atoms with Gasteiger partial charge in [0.2, 0.25) is 0 Å². The van der Waals surface area contributed by atoms with Crippen LogP contribution in [0.3, 0.4) is 0 Å². The van der Waals surface area contributed by atoms with E-state index >= 15 is 0 Å². The molecule has 3 aromatic carbocycles. The Hall–Kier alpha value is -5.25. The van der Waals surface area contributed by atoms with Crippen LogP contribution in [0.2, 0.25) is 0 Å². The second-order valence-electron chi connectivity index (χ2n) is 10.0. The van der Waals surface area contributed by atoms with Gasteiger partial charge in [-0.15, -0.1) is 0 Å². The highest BCUT2D eigenvalue weighted by Crippen LogP contribution is 2.36. The zero-order valence-corrected chi connectivity index (χ0v) is 22.8. The standard InChI is InChI=1S/C31H27FN4O5/c1-17-14-25(36-41-17)34-30(39)31(2,3)35-28(37)21-7-5-6-19(15-21)20-10-13-24-23(16-20)26(29(38)33-4)27(40-24)18-8-11-22(32)12-9-18/h5-16H,1-4H3,(H,33,38)(H,35,37)(H,34,36,39). The molecule has 2 heterocycles. The second kappa shape index (κ2) is 10.7. The number of benzene rings is 3. The van der Waals surface area contributed by atoms with E-state index in [9.17, 15) is 18.8 Å². The molecule has 0 unspecified atom stereocenters. The summed E-state index contributed by atoms with van der Waals surface area (Å²) in [4.78, 5) is 38.9. The predicted molar refractivity (Wildman–Crippen MR) is 152 cm³/mol. The Balaban J connectivity index is 1.44. The molecule has 0 radical (unpaired) electrons. The number of carbonyl (C=O) groups excluding carboxylic acids is 3. The van der Waals surface area contributed by atoms with Crippen molar-refractivity contribution in [2.45, 2.75) is 26.3 Å². The Morgan fingerprint density at radius 3 is 2.27 bits per heavy atom. The van der Waals surface area contributed by atoms with Crippen molar-refractivity contribution in [3.05, 3.63) is 95.5 Å². The summed E-state index contributed by atoms with van der Waals surface area (Å²) < 4.78 is 24.5. The van der Waals surface area contributed by atoms with Gasteiger partial charge in [0.1, 0.15) is 28.5 Å². The third-order valence-electron chi connectivity index (χ3n) is 6.57. The number of aryl methyl sites for hydroxylation is 1. The topological polar surface area (TPSA) is 126 Å². The van der Waals surface area contributed by atoms with Crippen LogP contribution in [0.15, 0.2) is 81.7 Å². The van der Waals surface area contributed by atoms with E-state index in [0.29, 0.717) is 44.7 Å². The molecule has 0 aliphatic carbocycles. The lowest BCUT2D eigenvalue weighted by atomic mass is 9.98. The normalized spacial score (nSPS) is 11.3. The maximum atomic E-state index is 13.5. The highest BCUT2D eigenvalue weighted by atomic mass is 19.1. The fourth-order valence-corrected chi connectivity index (χ4v) is 4.38. The number of nitrogens with zero attached hydrogens (tertiary/aromatic N) is 1. The zero-order valence-electron chi connectivity index (χ0n) is 22.8. The number of aromatic nitrogens is 1. The number of anilines is 1. The number of rotatable bonds is 7. The first-order valence-electron chi connectivity index (χ1n) is 12.8. The molecule has 0 bridgehead atoms. The third kappa shape index (κ3) is 5.58. The van der Waals surface area contributed by atoms with Crippen molar-refractivity contribution >= 4 is 34.5 Å². The van der Waals surface area contributed by atoms with E-state index in [1.807, 2.05) is 18.2 Å². The maximum absolute atomic E-state index is 13.5. The number of halogens is 1. The quantitative estimate of drug-likeness (QED) is 0.237. The van der Waals surface area contributed by atoms with Crippen molar-refractivity contribution in [2.75, 3.05) is 12.4 Å². The molecule has 208 valence electrons. The molecule has 0 aliphatic heterocycles. The van der Waals surface area contributed by atoms with Crippen LogP contribution >= 0.6 is 0 Å². The third-order valence-corrected chi connectivity index (χ3v) is 6.57. The summed E-state index contributed by atoms with van der Waals surface area (Å²) in [6.07, 6.45) is 0. The number of amides is 3. The van der Waals surface area contributed by atoms with E-state index in [0.717, 1.165) is 5.56 Å². The summed E-state index contributed by atoms with van der Waals surface area (Å²) in [6.45, 7) is 4.88. The Kier molecular flexibility index (Phi) is 7.15. The summed E-state index contributed by atoms with van der Waals surface area (Å²) in [7, 11) is 1.52. The molecule has 9 nitrogen and oxygen atoms in total. The van der Waals surface area contributed by atoms with Gasteiger partial charge in [0.25, 0.3) is 17.7 Å². The summed E-state index contributed by atoms with van der Waals surface area (Å²) in [5.74, 6) is -0.532. The Morgan fingerprint density at radius 1 is 0.878 bits per heavy atom. The van der Waals surface area contributed by atoms with Crippen LogP contribution in [0.25, 0.3) is 33.4 Å². The molecule has 0 fully saturated rings. The first-order chi connectivity index (χ1) is 19.6. The van der Waals surface area contributed by atoms with E-state index in [1.54, 1.807) is 63.2 Å². The Labute approximate surface area is 234 Å². The van der Waals surface area contributed by atoms with Gasteiger partial charge in [-0.2, -0.15) is 0 Å². The van der Waals surface area contributed by atoms with Gasteiger partial charge in [-0.1, -0.05) is 23.4 Å². The summed E-state index contributed by atoms with van der Waals surface area (Å²) in [5.41, 5.74) is 1.90. The van der Waals surface area contributed by atoms with Crippen LogP contribution in [-0.2, 0) is 4.79 Å². The van der Waals surface area contributed by atoms with Crippen molar-refractivity contribution in [1.29, 1.82) is 0 Å². The van der Waals surface area contributed by atoms with E-state index in [2.05, 4.69) is 21.1 Å². The molecular formula is C31H27FN4O5. The van der Waals surface area contributed by atoms with Crippen molar-refractivity contribution in [1.82, 2.24) is 15.8 Å². The minimum atomic E-state index is -1.26. The first kappa shape index (κ1) is 27.3.